The number of hydrogen-bond donors (Lipinski definition) is 2. The molecule has 0 aliphatic heterocycles. The number of carbonyl (C=O) groups is 1. The molecule has 0 heterocycles. The zero-order valence-corrected chi connectivity index (χ0v) is 11.2. The van der Waals surface area contributed by atoms with E-state index >= 15 is 0 Å². The van der Waals surface area contributed by atoms with Crippen molar-refractivity contribution in [2.45, 2.75) is 33.3 Å². The average molecular weight is 251 g/mol. The Morgan fingerprint density at radius 3 is 2.83 bits per heavy atom. The molecule has 0 aliphatic rings. The van der Waals surface area contributed by atoms with Gasteiger partial charge in [-0.3, -0.25) is 4.79 Å². The van der Waals surface area contributed by atoms with Gasteiger partial charge in [-0.2, -0.15) is 0 Å². The molecule has 4 nitrogen and oxygen atoms in total. The number of amides is 1. The molecule has 0 radical (unpaired) electrons. The summed E-state index contributed by atoms with van der Waals surface area (Å²) in [6, 6.07) is 5.54. The highest BCUT2D eigenvalue weighted by Crippen LogP contribution is 2.26. The molecule has 0 aliphatic carbocycles. The Balaban J connectivity index is 2.64. The fraction of sp³-hybridized carbons (Fsp3) is 0.500. The van der Waals surface area contributed by atoms with Crippen molar-refractivity contribution >= 4 is 5.91 Å². The number of aliphatic hydroxyl groups excluding tert-OH is 1. The van der Waals surface area contributed by atoms with E-state index in [0.717, 1.165) is 12.0 Å². The Bertz CT molecular complexity index is 402. The van der Waals surface area contributed by atoms with E-state index in [0.29, 0.717) is 17.9 Å². The maximum atomic E-state index is 11.4. The molecular weight excluding hydrogens is 230 g/mol. The molecular formula is C14H21NO3. The van der Waals surface area contributed by atoms with Gasteiger partial charge in [0.1, 0.15) is 5.75 Å². The smallest absolute Gasteiger partial charge is 0.257 e. The van der Waals surface area contributed by atoms with Crippen LogP contribution in [-0.4, -0.2) is 24.2 Å². The average Bonchev–Trinajstić information content (AvgIpc) is 2.34. The van der Waals surface area contributed by atoms with E-state index in [1.54, 1.807) is 13.0 Å². The minimum atomic E-state index is -0.612. The van der Waals surface area contributed by atoms with Crippen molar-refractivity contribution in [2.24, 2.45) is 0 Å². The second kappa shape index (κ2) is 7.01. The third-order valence-corrected chi connectivity index (χ3v) is 2.55. The lowest BCUT2D eigenvalue weighted by Gasteiger charge is -2.14. The lowest BCUT2D eigenvalue weighted by atomic mass is 10.1. The van der Waals surface area contributed by atoms with Crippen LogP contribution in [0.5, 0.6) is 5.75 Å². The van der Waals surface area contributed by atoms with Crippen molar-refractivity contribution in [3.8, 4) is 5.75 Å². The quantitative estimate of drug-likeness (QED) is 0.812. The maximum Gasteiger partial charge on any atom is 0.257 e. The predicted molar refractivity (Wildman–Crippen MR) is 70.6 cm³/mol. The summed E-state index contributed by atoms with van der Waals surface area (Å²) in [5.41, 5.74) is 1.76. The van der Waals surface area contributed by atoms with Crippen LogP contribution in [0.3, 0.4) is 0 Å². The van der Waals surface area contributed by atoms with Crippen LogP contribution in [0, 0.1) is 6.92 Å². The van der Waals surface area contributed by atoms with Crippen LogP contribution < -0.4 is 10.1 Å². The van der Waals surface area contributed by atoms with Crippen molar-refractivity contribution in [3.63, 3.8) is 0 Å². The maximum absolute atomic E-state index is 11.4. The molecule has 0 saturated carbocycles. The number of rotatable bonds is 6. The molecule has 18 heavy (non-hydrogen) atoms. The van der Waals surface area contributed by atoms with Crippen molar-refractivity contribution < 1.29 is 14.6 Å². The van der Waals surface area contributed by atoms with E-state index in [1.165, 1.54) is 0 Å². The third kappa shape index (κ3) is 4.37. The minimum Gasteiger partial charge on any atom is -0.483 e. The molecule has 0 unspecified atom stereocenters. The second-order valence-corrected chi connectivity index (χ2v) is 4.36. The Morgan fingerprint density at radius 1 is 1.50 bits per heavy atom. The zero-order chi connectivity index (χ0) is 13.5. The fourth-order valence-corrected chi connectivity index (χ4v) is 1.58. The van der Waals surface area contributed by atoms with Crippen molar-refractivity contribution in [1.29, 1.82) is 0 Å². The largest absolute Gasteiger partial charge is 0.483 e. The second-order valence-electron chi connectivity index (χ2n) is 4.36. The van der Waals surface area contributed by atoms with E-state index in [-0.39, 0.29) is 12.5 Å². The lowest BCUT2D eigenvalue weighted by molar-refractivity contribution is -0.123. The number of benzene rings is 1. The summed E-state index contributed by atoms with van der Waals surface area (Å²) >= 11 is 0. The molecule has 0 aromatic heterocycles. The molecule has 0 fully saturated rings. The van der Waals surface area contributed by atoms with Crippen LogP contribution in [0.15, 0.2) is 18.2 Å². The molecule has 0 spiro atoms. The summed E-state index contributed by atoms with van der Waals surface area (Å²) < 4.78 is 5.44. The van der Waals surface area contributed by atoms with Gasteiger partial charge in [-0.05, 0) is 32.4 Å². The molecule has 0 saturated heterocycles. The number of aliphatic hydroxyl groups is 1. The monoisotopic (exact) mass is 251 g/mol. The van der Waals surface area contributed by atoms with Crippen LogP contribution in [-0.2, 0) is 4.79 Å². The molecule has 1 atom stereocenters. The number of hydrogen-bond acceptors (Lipinski definition) is 3. The third-order valence-electron chi connectivity index (χ3n) is 2.55. The Hall–Kier alpha value is -1.55. The van der Waals surface area contributed by atoms with Gasteiger partial charge in [0, 0.05) is 12.1 Å². The Kier molecular flexibility index (Phi) is 5.65. The predicted octanol–water partition coefficient (Wildman–Crippen LogP) is 1.95. The van der Waals surface area contributed by atoms with E-state index in [2.05, 4.69) is 5.32 Å². The number of nitrogens with one attached hydrogen (secondary N) is 1. The first-order chi connectivity index (χ1) is 8.54. The highest BCUT2D eigenvalue weighted by Gasteiger charge is 2.10. The van der Waals surface area contributed by atoms with E-state index in [9.17, 15) is 9.90 Å². The summed E-state index contributed by atoms with van der Waals surface area (Å²) in [5.74, 6) is 0.413. The zero-order valence-electron chi connectivity index (χ0n) is 11.2. The number of aryl methyl sites for hydroxylation is 1. The van der Waals surface area contributed by atoms with Gasteiger partial charge in [-0.1, -0.05) is 18.6 Å². The lowest BCUT2D eigenvalue weighted by Crippen LogP contribution is -2.29. The van der Waals surface area contributed by atoms with Crippen LogP contribution in [0.4, 0.5) is 0 Å². The van der Waals surface area contributed by atoms with Gasteiger partial charge in [0.15, 0.2) is 6.61 Å². The highest BCUT2D eigenvalue weighted by atomic mass is 16.5. The summed E-state index contributed by atoms with van der Waals surface area (Å²) in [4.78, 5) is 11.4. The summed E-state index contributed by atoms with van der Waals surface area (Å²) in [5, 5.41) is 12.4. The van der Waals surface area contributed by atoms with Crippen LogP contribution in [0.25, 0.3) is 0 Å². The van der Waals surface area contributed by atoms with Gasteiger partial charge in [0.2, 0.25) is 0 Å². The fourth-order valence-electron chi connectivity index (χ4n) is 1.58. The van der Waals surface area contributed by atoms with Crippen LogP contribution >= 0.6 is 0 Å². The first-order valence-electron chi connectivity index (χ1n) is 6.22. The molecule has 0 bridgehead atoms. The van der Waals surface area contributed by atoms with E-state index in [4.69, 9.17) is 4.74 Å². The summed E-state index contributed by atoms with van der Waals surface area (Å²) in [6.07, 6.45) is 0.286. The minimum absolute atomic E-state index is 0.0250. The van der Waals surface area contributed by atoms with Gasteiger partial charge < -0.3 is 15.2 Å². The molecule has 2 N–H and O–H groups in total. The molecule has 1 aromatic rings. The van der Waals surface area contributed by atoms with E-state index in [1.807, 2.05) is 26.0 Å². The van der Waals surface area contributed by atoms with Gasteiger partial charge in [-0.15, -0.1) is 0 Å². The van der Waals surface area contributed by atoms with E-state index < -0.39 is 6.10 Å². The van der Waals surface area contributed by atoms with Gasteiger partial charge in [0.05, 0.1) is 6.10 Å². The SMILES string of the molecule is CCCNC(=O)COc1ccc(C)cc1[C@@H](C)O. The van der Waals surface area contributed by atoms with Crippen molar-refractivity contribution in [1.82, 2.24) is 5.32 Å². The molecule has 1 amide bonds. The molecule has 4 heteroatoms. The van der Waals surface area contributed by atoms with Gasteiger partial charge in [0.25, 0.3) is 5.91 Å². The van der Waals surface area contributed by atoms with Gasteiger partial charge in [-0.25, -0.2) is 0 Å². The van der Waals surface area contributed by atoms with Crippen LogP contribution in [0.1, 0.15) is 37.5 Å². The molecule has 1 aromatic carbocycles. The highest BCUT2D eigenvalue weighted by molar-refractivity contribution is 5.77. The van der Waals surface area contributed by atoms with Crippen LogP contribution in [0.2, 0.25) is 0 Å². The summed E-state index contributed by atoms with van der Waals surface area (Å²) in [6.45, 7) is 6.25. The molecule has 1 rings (SSSR count). The Labute approximate surface area is 108 Å². The first kappa shape index (κ1) is 14.5. The topological polar surface area (TPSA) is 58.6 Å². The Morgan fingerprint density at radius 2 is 2.22 bits per heavy atom. The normalized spacial score (nSPS) is 12.0. The number of ether oxygens (including phenoxy) is 1. The van der Waals surface area contributed by atoms with Crippen molar-refractivity contribution in [3.05, 3.63) is 29.3 Å². The standard InChI is InChI=1S/C14H21NO3/c1-4-7-15-14(17)9-18-13-6-5-10(2)8-12(13)11(3)16/h5-6,8,11,16H,4,7,9H2,1-3H3,(H,15,17)/t11-/m1/s1. The number of carbonyl (C=O) groups excluding carboxylic acids is 1. The van der Waals surface area contributed by atoms with Gasteiger partial charge >= 0.3 is 0 Å². The summed E-state index contributed by atoms with van der Waals surface area (Å²) in [7, 11) is 0. The first-order valence-corrected chi connectivity index (χ1v) is 6.22. The van der Waals surface area contributed by atoms with Crippen molar-refractivity contribution in [2.75, 3.05) is 13.2 Å². The molecule has 100 valence electrons.